The van der Waals surface area contributed by atoms with Crippen molar-refractivity contribution in [1.29, 1.82) is 0 Å². The number of pyridine rings is 1. The summed E-state index contributed by atoms with van der Waals surface area (Å²) in [5, 5.41) is 11.6. The molecule has 1 N–H and O–H groups in total. The minimum absolute atomic E-state index is 0.152. The number of hydrogen-bond acceptors (Lipinski definition) is 7. The maximum atomic E-state index is 12.3. The smallest absolute Gasteiger partial charge is 0.331 e. The molecular formula is C20H14N4O5. The van der Waals surface area contributed by atoms with Crippen LogP contribution in [0.2, 0.25) is 0 Å². The van der Waals surface area contributed by atoms with E-state index in [0.717, 1.165) is 0 Å². The molecule has 144 valence electrons. The molecule has 0 aliphatic carbocycles. The molecule has 0 saturated carbocycles. The van der Waals surface area contributed by atoms with Crippen LogP contribution in [0.4, 0.5) is 5.69 Å². The molecule has 2 aromatic carbocycles. The van der Waals surface area contributed by atoms with Gasteiger partial charge in [0.15, 0.2) is 11.5 Å². The van der Waals surface area contributed by atoms with Crippen LogP contribution in [0.15, 0.2) is 65.6 Å². The van der Waals surface area contributed by atoms with E-state index in [0.29, 0.717) is 28.0 Å². The van der Waals surface area contributed by atoms with Crippen molar-refractivity contribution in [3.8, 4) is 28.8 Å². The molecular weight excluding hydrogens is 376 g/mol. The molecule has 4 aromatic rings. The van der Waals surface area contributed by atoms with Crippen molar-refractivity contribution >= 4 is 16.6 Å². The number of aromatic nitrogens is 3. The zero-order valence-corrected chi connectivity index (χ0v) is 15.2. The Bertz CT molecular complexity index is 1290. The monoisotopic (exact) mass is 390 g/mol. The third-order valence-electron chi connectivity index (χ3n) is 4.20. The summed E-state index contributed by atoms with van der Waals surface area (Å²) in [7, 11) is 1.44. The highest BCUT2D eigenvalue weighted by atomic mass is 16.6. The van der Waals surface area contributed by atoms with Crippen LogP contribution >= 0.6 is 0 Å². The fraction of sp³-hybridized carbons (Fsp3) is 0.0500. The van der Waals surface area contributed by atoms with Crippen molar-refractivity contribution in [3.63, 3.8) is 0 Å². The molecule has 29 heavy (non-hydrogen) atoms. The Balaban J connectivity index is 1.75. The van der Waals surface area contributed by atoms with Gasteiger partial charge in [-0.3, -0.25) is 14.9 Å². The maximum Gasteiger partial charge on any atom is 0.331 e. The molecule has 0 spiro atoms. The van der Waals surface area contributed by atoms with Gasteiger partial charge in [-0.05, 0) is 36.4 Å². The Morgan fingerprint density at radius 3 is 2.69 bits per heavy atom. The van der Waals surface area contributed by atoms with Crippen LogP contribution in [0.25, 0.3) is 22.3 Å². The first kappa shape index (κ1) is 18.1. The molecule has 4 rings (SSSR count). The Morgan fingerprint density at radius 2 is 1.90 bits per heavy atom. The Kier molecular flexibility index (Phi) is 4.62. The van der Waals surface area contributed by atoms with Crippen molar-refractivity contribution in [3.05, 3.63) is 81.3 Å². The molecule has 0 radical (unpaired) electrons. The molecule has 0 unspecified atom stereocenters. The van der Waals surface area contributed by atoms with Gasteiger partial charge in [0.25, 0.3) is 11.4 Å². The van der Waals surface area contributed by atoms with E-state index in [9.17, 15) is 14.9 Å². The van der Waals surface area contributed by atoms with E-state index in [2.05, 4.69) is 15.0 Å². The molecule has 9 nitrogen and oxygen atoms in total. The normalized spacial score (nSPS) is 10.7. The SMILES string of the molecule is COc1cc(-c2nc3ccccc3c(=O)[nH]2)ccc1Oc1ncccc1[N+](=O)[O-]. The Hall–Kier alpha value is -4.27. The number of fused-ring (bicyclic) bond motifs is 1. The lowest BCUT2D eigenvalue weighted by Gasteiger charge is -2.11. The van der Waals surface area contributed by atoms with E-state index in [1.807, 2.05) is 0 Å². The van der Waals surface area contributed by atoms with Gasteiger partial charge in [-0.15, -0.1) is 0 Å². The first-order valence-corrected chi connectivity index (χ1v) is 8.51. The van der Waals surface area contributed by atoms with Crippen LogP contribution in [-0.4, -0.2) is 27.0 Å². The van der Waals surface area contributed by atoms with Crippen LogP contribution in [0, 0.1) is 10.1 Å². The van der Waals surface area contributed by atoms with E-state index in [4.69, 9.17) is 9.47 Å². The number of aromatic amines is 1. The number of ether oxygens (including phenoxy) is 2. The fourth-order valence-electron chi connectivity index (χ4n) is 2.83. The average molecular weight is 390 g/mol. The summed E-state index contributed by atoms with van der Waals surface area (Å²) in [6.45, 7) is 0. The number of hydrogen-bond donors (Lipinski definition) is 1. The first-order chi connectivity index (χ1) is 14.1. The van der Waals surface area contributed by atoms with E-state index >= 15 is 0 Å². The fourth-order valence-corrected chi connectivity index (χ4v) is 2.83. The van der Waals surface area contributed by atoms with Gasteiger partial charge < -0.3 is 14.5 Å². The first-order valence-electron chi connectivity index (χ1n) is 8.51. The van der Waals surface area contributed by atoms with Gasteiger partial charge >= 0.3 is 5.69 Å². The summed E-state index contributed by atoms with van der Waals surface area (Å²) in [4.78, 5) is 34.0. The number of benzene rings is 2. The van der Waals surface area contributed by atoms with Crippen LogP contribution in [-0.2, 0) is 0 Å². The standard InChI is InChI=1S/C20H14N4O5/c1-28-17-11-12(18-22-14-6-3-2-5-13(14)19(25)23-18)8-9-16(17)29-20-15(24(26)27)7-4-10-21-20/h2-11H,1H3,(H,22,23,25). The average Bonchev–Trinajstić information content (AvgIpc) is 2.74. The van der Waals surface area contributed by atoms with Crippen molar-refractivity contribution in [2.45, 2.75) is 0 Å². The molecule has 0 aliphatic heterocycles. The Morgan fingerprint density at radius 1 is 1.07 bits per heavy atom. The quantitative estimate of drug-likeness (QED) is 0.407. The number of H-pyrrole nitrogens is 1. The lowest BCUT2D eigenvalue weighted by atomic mass is 10.1. The second kappa shape index (κ2) is 7.39. The van der Waals surface area contributed by atoms with E-state index < -0.39 is 4.92 Å². The minimum Gasteiger partial charge on any atom is -0.493 e. The lowest BCUT2D eigenvalue weighted by molar-refractivity contribution is -0.386. The van der Waals surface area contributed by atoms with Crippen LogP contribution in [0.3, 0.4) is 0 Å². The molecule has 0 amide bonds. The molecule has 0 saturated heterocycles. The van der Waals surface area contributed by atoms with Crippen molar-refractivity contribution in [2.75, 3.05) is 7.11 Å². The maximum absolute atomic E-state index is 12.3. The van der Waals surface area contributed by atoms with Gasteiger partial charge in [-0.2, -0.15) is 0 Å². The second-order valence-electron chi connectivity index (χ2n) is 5.98. The van der Waals surface area contributed by atoms with Crippen LogP contribution in [0.1, 0.15) is 0 Å². The summed E-state index contributed by atoms with van der Waals surface area (Å²) in [6.07, 6.45) is 1.40. The van der Waals surface area contributed by atoms with Gasteiger partial charge in [0, 0.05) is 17.8 Å². The van der Waals surface area contributed by atoms with E-state index in [1.54, 1.807) is 42.5 Å². The van der Waals surface area contributed by atoms with Crippen LogP contribution < -0.4 is 15.0 Å². The van der Waals surface area contributed by atoms with E-state index in [1.165, 1.54) is 25.4 Å². The lowest BCUT2D eigenvalue weighted by Crippen LogP contribution is -2.09. The van der Waals surface area contributed by atoms with Gasteiger partial charge in [-0.1, -0.05) is 12.1 Å². The van der Waals surface area contributed by atoms with Crippen molar-refractivity contribution in [2.24, 2.45) is 0 Å². The summed E-state index contributed by atoms with van der Waals surface area (Å²) in [5.74, 6) is 0.752. The summed E-state index contributed by atoms with van der Waals surface area (Å²) >= 11 is 0. The molecule has 2 aromatic heterocycles. The third kappa shape index (κ3) is 3.48. The topological polar surface area (TPSA) is 120 Å². The predicted octanol–water partition coefficient (Wildman–Crippen LogP) is 3.69. The molecule has 0 bridgehead atoms. The van der Waals surface area contributed by atoms with E-state index in [-0.39, 0.29) is 22.9 Å². The Labute approximate surface area is 163 Å². The second-order valence-corrected chi connectivity index (χ2v) is 5.98. The summed E-state index contributed by atoms with van der Waals surface area (Å²) < 4.78 is 11.0. The zero-order valence-electron chi connectivity index (χ0n) is 15.2. The van der Waals surface area contributed by atoms with Gasteiger partial charge in [0.1, 0.15) is 5.82 Å². The highest BCUT2D eigenvalue weighted by molar-refractivity contribution is 5.79. The predicted molar refractivity (Wildman–Crippen MR) is 105 cm³/mol. The number of methoxy groups -OCH3 is 1. The molecule has 0 atom stereocenters. The number of para-hydroxylation sites is 1. The molecule has 0 fully saturated rings. The summed E-state index contributed by atoms with van der Waals surface area (Å²) in [5.41, 5.74) is 0.635. The third-order valence-corrected chi connectivity index (χ3v) is 4.20. The minimum atomic E-state index is -0.576. The van der Waals surface area contributed by atoms with Crippen LogP contribution in [0.5, 0.6) is 17.4 Å². The number of nitrogens with zero attached hydrogens (tertiary/aromatic N) is 3. The molecule has 9 heteroatoms. The van der Waals surface area contributed by atoms with Gasteiger partial charge in [0.05, 0.1) is 22.9 Å². The summed E-state index contributed by atoms with van der Waals surface area (Å²) in [6, 6.07) is 14.6. The van der Waals surface area contributed by atoms with Gasteiger partial charge in [-0.25, -0.2) is 9.97 Å². The zero-order chi connectivity index (χ0) is 20.4. The number of nitrogens with one attached hydrogen (secondary N) is 1. The van der Waals surface area contributed by atoms with Crippen molar-refractivity contribution in [1.82, 2.24) is 15.0 Å². The highest BCUT2D eigenvalue weighted by Crippen LogP contribution is 2.36. The highest BCUT2D eigenvalue weighted by Gasteiger charge is 2.19. The number of rotatable bonds is 5. The molecule has 2 heterocycles. The van der Waals surface area contributed by atoms with Gasteiger partial charge in [0.2, 0.25) is 0 Å². The van der Waals surface area contributed by atoms with Crippen molar-refractivity contribution < 1.29 is 14.4 Å². The molecule has 0 aliphatic rings. The number of nitro groups is 1. The largest absolute Gasteiger partial charge is 0.493 e.